The molecule has 4 rings (SSSR count). The second-order valence-corrected chi connectivity index (χ2v) is 10.9. The Kier molecular flexibility index (Phi) is 9.65. The third kappa shape index (κ3) is 7.38. The molecule has 1 saturated heterocycles. The van der Waals surface area contributed by atoms with Crippen LogP contribution in [0, 0.1) is 11.7 Å². The highest BCUT2D eigenvalue weighted by atomic mass is 35.5. The van der Waals surface area contributed by atoms with Crippen LogP contribution in [0.4, 0.5) is 8.78 Å². The number of aromatic nitrogens is 1. The van der Waals surface area contributed by atoms with Crippen molar-refractivity contribution in [2.45, 2.75) is 25.6 Å². The SMILES string of the molecule is CCOC(=O)C1=C(CN2CC(F)CC(CN(C)CC(=O)O)C2)NC(c2nccs2)=NC1c1ccc(F)cc1Cl. The molecule has 3 atom stereocenters. The molecule has 0 bridgehead atoms. The average molecular weight is 582 g/mol. The highest BCUT2D eigenvalue weighted by Crippen LogP contribution is 2.37. The number of hydrogen-bond donors (Lipinski definition) is 2. The number of esters is 1. The Morgan fingerprint density at radius 2 is 2.15 bits per heavy atom. The Balaban J connectivity index is 1.70. The van der Waals surface area contributed by atoms with Gasteiger partial charge in [0.05, 0.1) is 18.7 Å². The summed E-state index contributed by atoms with van der Waals surface area (Å²) in [4.78, 5) is 37.0. The summed E-state index contributed by atoms with van der Waals surface area (Å²) in [6.45, 7) is 2.91. The van der Waals surface area contributed by atoms with E-state index in [2.05, 4.69) is 10.3 Å². The van der Waals surface area contributed by atoms with Crippen LogP contribution < -0.4 is 5.32 Å². The molecule has 2 aromatic rings. The van der Waals surface area contributed by atoms with Gasteiger partial charge in [-0.1, -0.05) is 17.7 Å². The first-order valence-corrected chi connectivity index (χ1v) is 13.8. The Morgan fingerprint density at radius 3 is 2.82 bits per heavy atom. The molecule has 9 nitrogen and oxygen atoms in total. The van der Waals surface area contributed by atoms with E-state index in [0.29, 0.717) is 41.6 Å². The molecule has 2 N–H and O–H groups in total. The maximum absolute atomic E-state index is 14.9. The summed E-state index contributed by atoms with van der Waals surface area (Å²) in [5.41, 5.74) is 1.08. The highest BCUT2D eigenvalue weighted by molar-refractivity contribution is 7.11. The zero-order valence-electron chi connectivity index (χ0n) is 21.6. The summed E-state index contributed by atoms with van der Waals surface area (Å²) >= 11 is 7.77. The predicted octanol–water partition coefficient (Wildman–Crippen LogP) is 3.52. The number of carbonyl (C=O) groups is 2. The van der Waals surface area contributed by atoms with Crippen LogP contribution in [0.2, 0.25) is 5.02 Å². The van der Waals surface area contributed by atoms with Crippen molar-refractivity contribution < 1.29 is 28.2 Å². The molecular weight excluding hydrogens is 552 g/mol. The van der Waals surface area contributed by atoms with Crippen molar-refractivity contribution in [3.8, 4) is 0 Å². The van der Waals surface area contributed by atoms with Gasteiger partial charge in [-0.2, -0.15) is 0 Å². The molecule has 1 aromatic heterocycles. The van der Waals surface area contributed by atoms with Gasteiger partial charge in [0, 0.05) is 54.0 Å². The number of likely N-dealkylation sites (N-methyl/N-ethyl adjacent to an activating group) is 1. The molecule has 0 spiro atoms. The molecule has 13 heteroatoms. The minimum Gasteiger partial charge on any atom is -0.480 e. The lowest BCUT2D eigenvalue weighted by Gasteiger charge is -2.38. The van der Waals surface area contributed by atoms with E-state index in [4.69, 9.17) is 26.4 Å². The molecule has 0 saturated carbocycles. The number of aliphatic imine (C=N–C) groups is 1. The number of nitrogens with one attached hydrogen (secondary N) is 1. The minimum atomic E-state index is -1.12. The summed E-state index contributed by atoms with van der Waals surface area (Å²) in [7, 11) is 1.69. The van der Waals surface area contributed by atoms with Gasteiger partial charge in [-0.15, -0.1) is 11.3 Å². The Labute approximate surface area is 234 Å². The number of amidine groups is 1. The van der Waals surface area contributed by atoms with E-state index in [1.54, 1.807) is 30.4 Å². The number of benzene rings is 1. The van der Waals surface area contributed by atoms with E-state index in [1.807, 2.05) is 4.90 Å². The number of rotatable bonds is 10. The van der Waals surface area contributed by atoms with Gasteiger partial charge in [-0.25, -0.2) is 18.6 Å². The molecule has 39 heavy (non-hydrogen) atoms. The highest BCUT2D eigenvalue weighted by Gasteiger charge is 2.36. The minimum absolute atomic E-state index is 0.105. The first-order valence-electron chi connectivity index (χ1n) is 12.5. The zero-order chi connectivity index (χ0) is 28.1. The van der Waals surface area contributed by atoms with Crippen LogP contribution in [0.15, 0.2) is 46.0 Å². The van der Waals surface area contributed by atoms with Crippen LogP contribution in [0.5, 0.6) is 0 Å². The number of carboxylic acid groups (broad SMARTS) is 1. The number of piperidine rings is 1. The van der Waals surface area contributed by atoms with Crippen molar-refractivity contribution in [1.82, 2.24) is 20.1 Å². The monoisotopic (exact) mass is 581 g/mol. The standard InChI is InChI=1S/C26H30ClF2N5O4S/c1-3-38-26(37)22-20(13-34-11-15(8-17(29)12-34)10-33(2)14-21(35)36)31-24(25-30-6-7-39-25)32-23(22)18-5-4-16(28)9-19(18)27/h4-7,9,15,17,23H,3,8,10-14H2,1-2H3,(H,31,32)(H,35,36). The van der Waals surface area contributed by atoms with Gasteiger partial charge in [0.2, 0.25) is 0 Å². The van der Waals surface area contributed by atoms with Gasteiger partial charge in [0.1, 0.15) is 18.0 Å². The number of halogens is 3. The Bertz CT molecular complexity index is 1260. The molecule has 210 valence electrons. The van der Waals surface area contributed by atoms with Crippen molar-refractivity contribution in [2.75, 3.05) is 46.4 Å². The first-order chi connectivity index (χ1) is 18.6. The third-order valence-electron chi connectivity index (χ3n) is 6.43. The lowest BCUT2D eigenvalue weighted by atomic mass is 9.93. The van der Waals surface area contributed by atoms with Gasteiger partial charge >= 0.3 is 11.9 Å². The van der Waals surface area contributed by atoms with E-state index in [0.717, 1.165) is 6.07 Å². The summed E-state index contributed by atoms with van der Waals surface area (Å²) < 4.78 is 34.1. The van der Waals surface area contributed by atoms with Crippen LogP contribution in [-0.4, -0.2) is 90.2 Å². The molecular formula is C26H30ClF2N5O4S. The molecule has 2 aliphatic heterocycles. The first kappa shape index (κ1) is 29.1. The molecule has 3 heterocycles. The van der Waals surface area contributed by atoms with E-state index in [1.165, 1.54) is 23.5 Å². The van der Waals surface area contributed by atoms with Crippen LogP contribution in [0.3, 0.4) is 0 Å². The van der Waals surface area contributed by atoms with E-state index >= 15 is 0 Å². The lowest BCUT2D eigenvalue weighted by molar-refractivity contribution is -0.139. The summed E-state index contributed by atoms with van der Waals surface area (Å²) in [5.74, 6) is -1.78. The van der Waals surface area contributed by atoms with E-state index < -0.39 is 30.0 Å². The molecule has 0 amide bonds. The second-order valence-electron chi connectivity index (χ2n) is 9.60. The fourth-order valence-electron chi connectivity index (χ4n) is 5.02. The number of ether oxygens (including phenoxy) is 1. The maximum atomic E-state index is 14.9. The lowest BCUT2D eigenvalue weighted by Crippen LogP contribution is -2.48. The molecule has 3 unspecified atom stereocenters. The van der Waals surface area contributed by atoms with Crippen LogP contribution in [0.1, 0.15) is 30.0 Å². The summed E-state index contributed by atoms with van der Waals surface area (Å²) in [6, 6.07) is 2.99. The molecule has 1 fully saturated rings. The zero-order valence-corrected chi connectivity index (χ0v) is 23.1. The number of nitrogens with zero attached hydrogens (tertiary/aromatic N) is 4. The smallest absolute Gasteiger partial charge is 0.338 e. The van der Waals surface area contributed by atoms with E-state index in [-0.39, 0.29) is 42.8 Å². The van der Waals surface area contributed by atoms with Gasteiger partial charge in [0.25, 0.3) is 0 Å². The quantitative estimate of drug-likeness (QED) is 0.411. The number of alkyl halides is 1. The van der Waals surface area contributed by atoms with Crippen molar-refractivity contribution in [1.29, 1.82) is 0 Å². The molecule has 0 aliphatic carbocycles. The normalized spacial score (nSPS) is 22.0. The topological polar surface area (TPSA) is 107 Å². The molecule has 1 aromatic carbocycles. The number of carbonyl (C=O) groups excluding carboxylic acids is 1. The Hall–Kier alpha value is -2.93. The summed E-state index contributed by atoms with van der Waals surface area (Å²) in [5, 5.41) is 14.8. The number of likely N-dealkylation sites (tertiary alicyclic amines) is 1. The fourth-order valence-corrected chi connectivity index (χ4v) is 5.88. The van der Waals surface area contributed by atoms with E-state index in [9.17, 15) is 18.4 Å². The number of aliphatic carboxylic acids is 1. The average Bonchev–Trinajstić information content (AvgIpc) is 3.38. The van der Waals surface area contributed by atoms with Crippen LogP contribution in [0.25, 0.3) is 0 Å². The number of carboxylic acids is 1. The van der Waals surface area contributed by atoms with Crippen molar-refractivity contribution >= 4 is 40.7 Å². The maximum Gasteiger partial charge on any atom is 0.338 e. The predicted molar refractivity (Wildman–Crippen MR) is 144 cm³/mol. The van der Waals surface area contributed by atoms with Crippen molar-refractivity contribution in [2.24, 2.45) is 10.9 Å². The van der Waals surface area contributed by atoms with Crippen LogP contribution in [-0.2, 0) is 14.3 Å². The molecule has 2 aliphatic rings. The van der Waals surface area contributed by atoms with Crippen molar-refractivity contribution in [3.63, 3.8) is 0 Å². The second kappa shape index (κ2) is 12.9. The third-order valence-corrected chi connectivity index (χ3v) is 7.54. The number of thiazole rings is 1. The molecule has 0 radical (unpaired) electrons. The number of hydrogen-bond acceptors (Lipinski definition) is 9. The van der Waals surface area contributed by atoms with Crippen molar-refractivity contribution in [3.05, 3.63) is 62.5 Å². The van der Waals surface area contributed by atoms with Gasteiger partial charge < -0.3 is 15.2 Å². The van der Waals surface area contributed by atoms with Crippen LogP contribution >= 0.6 is 22.9 Å². The summed E-state index contributed by atoms with van der Waals surface area (Å²) in [6.07, 6.45) is 0.828. The Morgan fingerprint density at radius 1 is 1.36 bits per heavy atom. The fraction of sp³-hybridized carbons (Fsp3) is 0.462. The largest absolute Gasteiger partial charge is 0.480 e. The van der Waals surface area contributed by atoms with Gasteiger partial charge in [0.15, 0.2) is 10.8 Å². The van der Waals surface area contributed by atoms with Gasteiger partial charge in [-0.3, -0.25) is 19.6 Å². The van der Waals surface area contributed by atoms with Gasteiger partial charge in [-0.05, 0) is 38.4 Å².